The van der Waals surface area contributed by atoms with E-state index in [1.165, 1.54) is 28.6 Å². The Balaban J connectivity index is 1.63. The van der Waals surface area contributed by atoms with Gasteiger partial charge in [-0.05, 0) is 37.8 Å². The van der Waals surface area contributed by atoms with E-state index in [1.807, 2.05) is 19.1 Å². The van der Waals surface area contributed by atoms with E-state index < -0.39 is 32.6 Å². The number of hydrogen-bond acceptors (Lipinski definition) is 7. The molecular formula is C22H26N2O7S. The van der Waals surface area contributed by atoms with E-state index in [-0.39, 0.29) is 46.8 Å². The Kier molecular flexibility index (Phi) is 5.05. The maximum atomic E-state index is 13.9. The molecule has 3 fully saturated rings. The van der Waals surface area contributed by atoms with Gasteiger partial charge in [0, 0.05) is 31.6 Å². The summed E-state index contributed by atoms with van der Waals surface area (Å²) >= 11 is 0. The van der Waals surface area contributed by atoms with Crippen LogP contribution in [-0.4, -0.2) is 60.4 Å². The van der Waals surface area contributed by atoms with Crippen LogP contribution in [0, 0.1) is 22.0 Å². The molecule has 1 aromatic carbocycles. The Morgan fingerprint density at radius 1 is 1.25 bits per heavy atom. The normalized spacial score (nSPS) is 38.9. The van der Waals surface area contributed by atoms with Gasteiger partial charge in [0.05, 0.1) is 33.6 Å². The van der Waals surface area contributed by atoms with E-state index in [1.54, 1.807) is 7.11 Å². The zero-order chi connectivity index (χ0) is 22.8. The van der Waals surface area contributed by atoms with Gasteiger partial charge in [-0.3, -0.25) is 14.9 Å². The Bertz CT molecular complexity index is 1090. The van der Waals surface area contributed by atoms with Gasteiger partial charge in [-0.1, -0.05) is 18.6 Å². The minimum Gasteiger partial charge on any atom is -0.381 e. The number of carbonyl (C=O) groups excluding carboxylic acids is 1. The molecule has 1 aromatic rings. The summed E-state index contributed by atoms with van der Waals surface area (Å²) < 4.78 is 41.3. The lowest BCUT2D eigenvalue weighted by Gasteiger charge is -2.60. The van der Waals surface area contributed by atoms with Gasteiger partial charge in [-0.2, -0.15) is 4.31 Å². The van der Waals surface area contributed by atoms with Crippen molar-refractivity contribution in [2.75, 3.05) is 7.11 Å². The number of non-ortho nitro benzene ring substituents is 1. The molecule has 10 heteroatoms. The zero-order valence-corrected chi connectivity index (χ0v) is 18.7. The number of carbonyl (C=O) groups is 1. The molecule has 2 bridgehead atoms. The summed E-state index contributed by atoms with van der Waals surface area (Å²) in [6.07, 6.45) is 5.05. The number of sulfonamides is 1. The van der Waals surface area contributed by atoms with Gasteiger partial charge < -0.3 is 9.47 Å². The highest BCUT2D eigenvalue weighted by Gasteiger charge is 2.68. The van der Waals surface area contributed by atoms with Gasteiger partial charge in [0.2, 0.25) is 10.0 Å². The minimum absolute atomic E-state index is 0.0291. The molecule has 0 N–H and O–H groups in total. The smallest absolute Gasteiger partial charge is 0.269 e. The van der Waals surface area contributed by atoms with Gasteiger partial charge in [-0.15, -0.1) is 0 Å². The van der Waals surface area contributed by atoms with E-state index in [2.05, 4.69) is 0 Å². The number of benzene rings is 1. The highest BCUT2D eigenvalue weighted by molar-refractivity contribution is 7.89. The lowest BCUT2D eigenvalue weighted by atomic mass is 9.60. The van der Waals surface area contributed by atoms with Crippen molar-refractivity contribution in [1.82, 2.24) is 4.31 Å². The van der Waals surface area contributed by atoms with Crippen molar-refractivity contribution in [1.29, 1.82) is 0 Å². The van der Waals surface area contributed by atoms with Crippen LogP contribution in [0.1, 0.15) is 32.6 Å². The van der Waals surface area contributed by atoms with Crippen LogP contribution in [-0.2, 0) is 24.3 Å². The van der Waals surface area contributed by atoms with Crippen molar-refractivity contribution >= 4 is 21.5 Å². The zero-order valence-electron chi connectivity index (χ0n) is 17.9. The molecule has 4 aliphatic rings. The van der Waals surface area contributed by atoms with Crippen molar-refractivity contribution in [3.05, 3.63) is 46.5 Å². The van der Waals surface area contributed by atoms with Crippen molar-refractivity contribution in [3.8, 4) is 0 Å². The van der Waals surface area contributed by atoms with Crippen molar-refractivity contribution in [3.63, 3.8) is 0 Å². The summed E-state index contributed by atoms with van der Waals surface area (Å²) in [7, 11) is -2.40. The molecule has 0 aromatic heterocycles. The van der Waals surface area contributed by atoms with E-state index >= 15 is 0 Å². The number of fused-ring (bicyclic) bond motifs is 2. The fourth-order valence-corrected chi connectivity index (χ4v) is 8.38. The van der Waals surface area contributed by atoms with Gasteiger partial charge in [0.1, 0.15) is 6.10 Å². The van der Waals surface area contributed by atoms with E-state index in [4.69, 9.17) is 9.47 Å². The molecule has 1 saturated carbocycles. The lowest BCUT2D eigenvalue weighted by molar-refractivity contribution is -0.384. The second-order valence-electron chi connectivity index (χ2n) is 9.15. The molecule has 1 spiro atoms. The predicted molar refractivity (Wildman–Crippen MR) is 113 cm³/mol. The number of ketones is 1. The van der Waals surface area contributed by atoms with Crippen molar-refractivity contribution in [2.45, 2.75) is 67.4 Å². The first-order chi connectivity index (χ1) is 15.2. The number of nitro benzene ring substituents is 1. The second kappa shape index (κ2) is 7.44. The topological polar surface area (TPSA) is 116 Å². The lowest BCUT2D eigenvalue weighted by Crippen LogP contribution is -2.74. The average molecular weight is 463 g/mol. The van der Waals surface area contributed by atoms with Gasteiger partial charge in [0.25, 0.3) is 5.69 Å². The monoisotopic (exact) mass is 462 g/mol. The molecule has 32 heavy (non-hydrogen) atoms. The molecule has 7 atom stereocenters. The van der Waals surface area contributed by atoms with E-state index in [9.17, 15) is 23.3 Å². The molecule has 5 rings (SSSR count). The largest absolute Gasteiger partial charge is 0.381 e. The minimum atomic E-state index is -4.06. The van der Waals surface area contributed by atoms with Gasteiger partial charge >= 0.3 is 0 Å². The van der Waals surface area contributed by atoms with Crippen LogP contribution in [0.5, 0.6) is 0 Å². The fourth-order valence-electron chi connectivity index (χ4n) is 6.47. The summed E-state index contributed by atoms with van der Waals surface area (Å²) in [5.41, 5.74) is -1.30. The number of piperidine rings is 1. The molecular weight excluding hydrogens is 436 g/mol. The quantitative estimate of drug-likeness (QED) is 0.383. The number of nitrogens with zero attached hydrogens (tertiary/aromatic N) is 2. The van der Waals surface area contributed by atoms with Crippen LogP contribution in [0.2, 0.25) is 0 Å². The summed E-state index contributed by atoms with van der Waals surface area (Å²) in [6, 6.07) is 4.31. The third kappa shape index (κ3) is 2.86. The van der Waals surface area contributed by atoms with Crippen molar-refractivity contribution < 1.29 is 27.6 Å². The molecule has 3 aliphatic heterocycles. The van der Waals surface area contributed by atoms with Crippen LogP contribution >= 0.6 is 0 Å². The molecule has 0 unspecified atom stereocenters. The van der Waals surface area contributed by atoms with Gasteiger partial charge in [-0.25, -0.2) is 8.42 Å². The van der Waals surface area contributed by atoms with Crippen LogP contribution in [0.25, 0.3) is 0 Å². The Morgan fingerprint density at radius 2 is 1.97 bits per heavy atom. The number of rotatable bonds is 4. The third-order valence-corrected chi connectivity index (χ3v) is 9.66. The van der Waals surface area contributed by atoms with Crippen LogP contribution in [0.4, 0.5) is 5.69 Å². The number of ether oxygens (including phenoxy) is 2. The molecule has 9 nitrogen and oxygen atoms in total. The van der Waals surface area contributed by atoms with Crippen LogP contribution in [0.15, 0.2) is 41.3 Å². The van der Waals surface area contributed by atoms with E-state index in [0.29, 0.717) is 0 Å². The Hall–Kier alpha value is -2.14. The first kappa shape index (κ1) is 21.7. The molecule has 172 valence electrons. The molecule has 2 saturated heterocycles. The number of hydrogen-bond donors (Lipinski definition) is 0. The summed E-state index contributed by atoms with van der Waals surface area (Å²) in [4.78, 5) is 23.5. The first-order valence-electron chi connectivity index (χ1n) is 10.9. The van der Waals surface area contributed by atoms with Crippen LogP contribution in [0.3, 0.4) is 0 Å². The molecule has 1 aliphatic carbocycles. The number of nitro groups is 1. The van der Waals surface area contributed by atoms with Crippen LogP contribution < -0.4 is 0 Å². The predicted octanol–water partition coefficient (Wildman–Crippen LogP) is 2.45. The highest BCUT2D eigenvalue weighted by atomic mass is 32.2. The molecule has 3 heterocycles. The number of methoxy groups -OCH3 is 1. The Labute approximate surface area is 186 Å². The molecule has 0 radical (unpaired) electrons. The number of Topliss-reactive ketones (excluding diaryl/α,β-unsaturated/α-hetero) is 1. The fraction of sp³-hybridized carbons (Fsp3) is 0.591. The Morgan fingerprint density at radius 3 is 2.62 bits per heavy atom. The summed E-state index contributed by atoms with van der Waals surface area (Å²) in [5.74, 6) is -0.262. The standard InChI is InChI=1S/C22H26N2O7S/c1-13-20-17(4-3-5-19(20)30-2)22-11-10-15(12-18(25)21(22)31-13)23(22)32(28,29)16-8-6-14(7-9-16)24(26)27/h6-11,13,15,17,19-21H,3-5,12H2,1-2H3/t13-,15+,17-,19+,20-,21-,22+/m0/s1. The van der Waals surface area contributed by atoms with Gasteiger partial charge in [0.15, 0.2) is 5.78 Å². The maximum Gasteiger partial charge on any atom is 0.269 e. The van der Waals surface area contributed by atoms with E-state index in [0.717, 1.165) is 19.3 Å². The highest BCUT2D eigenvalue weighted by Crippen LogP contribution is 2.56. The maximum absolute atomic E-state index is 13.9. The summed E-state index contributed by atoms with van der Waals surface area (Å²) in [5, 5.41) is 11.0. The summed E-state index contributed by atoms with van der Waals surface area (Å²) in [6.45, 7) is 1.94. The van der Waals surface area contributed by atoms with Crippen molar-refractivity contribution in [2.24, 2.45) is 11.8 Å². The average Bonchev–Trinajstić information content (AvgIpc) is 3.09. The SMILES string of the molecule is CO[C@@H]1CCC[C@H]2[C@@H]1[C@H](C)O[C@H]1C(=O)C[C@H]3C=C[C@]12N3S(=O)(=O)c1ccc([N+](=O)[O-])cc1. The molecule has 0 amide bonds. The third-order valence-electron chi connectivity index (χ3n) is 7.68. The first-order valence-corrected chi connectivity index (χ1v) is 12.3. The second-order valence-corrected chi connectivity index (χ2v) is 11.0.